The highest BCUT2D eigenvalue weighted by Crippen LogP contribution is 2.40. The average molecular weight is 228 g/mol. The molecule has 0 aromatic heterocycles. The van der Waals surface area contributed by atoms with Crippen LogP contribution in [0.5, 0.6) is 0 Å². The van der Waals surface area contributed by atoms with Gasteiger partial charge in [-0.15, -0.1) is 12.6 Å². The molecule has 0 spiro atoms. The summed E-state index contributed by atoms with van der Waals surface area (Å²) >= 11 is 21.1. The SMILES string of the molecule is Sc1ccccc1C(Cl)(Cl)Cl. The van der Waals surface area contributed by atoms with Crippen LogP contribution in [0.1, 0.15) is 5.56 Å². The van der Waals surface area contributed by atoms with Crippen molar-refractivity contribution in [3.05, 3.63) is 29.8 Å². The lowest BCUT2D eigenvalue weighted by Crippen LogP contribution is -2.00. The monoisotopic (exact) mass is 226 g/mol. The van der Waals surface area contributed by atoms with Crippen LogP contribution in [0.15, 0.2) is 29.2 Å². The number of thiol groups is 1. The second kappa shape index (κ2) is 3.44. The fraction of sp³-hybridized carbons (Fsp3) is 0.143. The standard InChI is InChI=1S/C7H5Cl3S/c8-7(9,10)5-3-1-2-4-6(5)11/h1-4,11H. The van der Waals surface area contributed by atoms with E-state index >= 15 is 0 Å². The molecule has 0 unspecified atom stereocenters. The molecule has 0 saturated carbocycles. The van der Waals surface area contributed by atoms with Crippen LogP contribution >= 0.6 is 47.4 Å². The second-order valence-electron chi connectivity index (χ2n) is 2.01. The van der Waals surface area contributed by atoms with Gasteiger partial charge in [0.25, 0.3) is 0 Å². The van der Waals surface area contributed by atoms with E-state index in [0.29, 0.717) is 10.5 Å². The van der Waals surface area contributed by atoms with E-state index < -0.39 is 3.79 Å². The van der Waals surface area contributed by atoms with Gasteiger partial charge >= 0.3 is 0 Å². The van der Waals surface area contributed by atoms with E-state index in [4.69, 9.17) is 34.8 Å². The molecule has 0 aliphatic carbocycles. The predicted molar refractivity (Wildman–Crippen MR) is 52.9 cm³/mol. The van der Waals surface area contributed by atoms with Gasteiger partial charge in [0.2, 0.25) is 3.79 Å². The van der Waals surface area contributed by atoms with E-state index in [2.05, 4.69) is 12.6 Å². The smallest absolute Gasteiger partial charge is 0.143 e. The molecule has 4 heteroatoms. The minimum absolute atomic E-state index is 0.605. The second-order valence-corrected chi connectivity index (χ2v) is 4.78. The molecule has 0 saturated heterocycles. The molecule has 0 radical (unpaired) electrons. The summed E-state index contributed by atoms with van der Waals surface area (Å²) in [6, 6.07) is 7.15. The first-order chi connectivity index (χ1) is 5.02. The molecule has 0 fully saturated rings. The number of hydrogen-bond acceptors (Lipinski definition) is 1. The molecule has 0 N–H and O–H groups in total. The zero-order chi connectivity index (χ0) is 8.48. The molecular formula is C7H5Cl3S. The summed E-state index contributed by atoms with van der Waals surface area (Å²) in [6.45, 7) is 0. The van der Waals surface area contributed by atoms with E-state index in [1.807, 2.05) is 6.07 Å². The number of alkyl halides is 3. The van der Waals surface area contributed by atoms with Gasteiger partial charge in [0.15, 0.2) is 0 Å². The fourth-order valence-electron chi connectivity index (χ4n) is 0.713. The molecule has 11 heavy (non-hydrogen) atoms. The number of benzene rings is 1. The van der Waals surface area contributed by atoms with Crippen molar-refractivity contribution in [3.8, 4) is 0 Å². The molecule has 0 aliphatic heterocycles. The first-order valence-electron chi connectivity index (χ1n) is 2.87. The number of hydrogen-bond donors (Lipinski definition) is 1. The van der Waals surface area contributed by atoms with Crippen LogP contribution in [-0.4, -0.2) is 0 Å². The third-order valence-electron chi connectivity index (χ3n) is 1.21. The topological polar surface area (TPSA) is 0 Å². The summed E-state index contributed by atoms with van der Waals surface area (Å²) in [6.07, 6.45) is 0. The van der Waals surface area contributed by atoms with E-state index in [-0.39, 0.29) is 0 Å². The van der Waals surface area contributed by atoms with E-state index in [1.165, 1.54) is 0 Å². The minimum Gasteiger partial charge on any atom is -0.143 e. The summed E-state index contributed by atoms with van der Waals surface area (Å²) in [5.74, 6) is 0. The minimum atomic E-state index is -1.38. The zero-order valence-corrected chi connectivity index (χ0v) is 8.55. The summed E-state index contributed by atoms with van der Waals surface area (Å²) in [5, 5.41) is 0. The molecule has 60 valence electrons. The number of halogens is 3. The van der Waals surface area contributed by atoms with Crippen molar-refractivity contribution in [2.45, 2.75) is 8.69 Å². The van der Waals surface area contributed by atoms with Gasteiger partial charge in [0.05, 0.1) is 0 Å². The van der Waals surface area contributed by atoms with Gasteiger partial charge in [-0.05, 0) is 6.07 Å². The van der Waals surface area contributed by atoms with Crippen LogP contribution in [0, 0.1) is 0 Å². The van der Waals surface area contributed by atoms with Crippen LogP contribution in [0.3, 0.4) is 0 Å². The molecule has 1 aromatic rings. The van der Waals surface area contributed by atoms with Crippen LogP contribution < -0.4 is 0 Å². The van der Waals surface area contributed by atoms with Gasteiger partial charge in [-0.25, -0.2) is 0 Å². The van der Waals surface area contributed by atoms with Crippen molar-refractivity contribution in [3.63, 3.8) is 0 Å². The normalized spacial score (nSPS) is 11.6. The maximum atomic E-state index is 5.65. The summed E-state index contributed by atoms with van der Waals surface area (Å²) in [5.41, 5.74) is 0.605. The highest BCUT2D eigenvalue weighted by molar-refractivity contribution is 7.80. The zero-order valence-electron chi connectivity index (χ0n) is 5.39. The largest absolute Gasteiger partial charge is 0.217 e. The Morgan fingerprint density at radius 1 is 1.09 bits per heavy atom. The summed E-state index contributed by atoms with van der Waals surface area (Å²) in [4.78, 5) is 0.688. The Kier molecular flexibility index (Phi) is 2.98. The predicted octanol–water partition coefficient (Wildman–Crippen LogP) is 3.80. The summed E-state index contributed by atoms with van der Waals surface area (Å²) in [7, 11) is 0. The fourth-order valence-corrected chi connectivity index (χ4v) is 1.73. The van der Waals surface area contributed by atoms with Crippen molar-refractivity contribution in [2.24, 2.45) is 0 Å². The lowest BCUT2D eigenvalue weighted by atomic mass is 10.2. The van der Waals surface area contributed by atoms with Crippen molar-refractivity contribution in [2.75, 3.05) is 0 Å². The molecule has 0 atom stereocenters. The molecule has 0 amide bonds. The Hall–Kier alpha value is 0.440. The van der Waals surface area contributed by atoms with Gasteiger partial charge in [-0.1, -0.05) is 53.0 Å². The molecular weight excluding hydrogens is 223 g/mol. The van der Waals surface area contributed by atoms with Crippen LogP contribution in [0.25, 0.3) is 0 Å². The van der Waals surface area contributed by atoms with Gasteiger partial charge in [0, 0.05) is 10.5 Å². The summed E-state index contributed by atoms with van der Waals surface area (Å²) < 4.78 is -1.38. The van der Waals surface area contributed by atoms with Gasteiger partial charge in [0.1, 0.15) is 0 Å². The van der Waals surface area contributed by atoms with Crippen LogP contribution in [0.2, 0.25) is 0 Å². The maximum Gasteiger partial charge on any atom is 0.217 e. The van der Waals surface area contributed by atoms with Crippen molar-refractivity contribution < 1.29 is 0 Å². The quantitative estimate of drug-likeness (QED) is 0.506. The van der Waals surface area contributed by atoms with Gasteiger partial charge in [-0.3, -0.25) is 0 Å². The van der Waals surface area contributed by atoms with E-state index in [9.17, 15) is 0 Å². The van der Waals surface area contributed by atoms with Crippen molar-refractivity contribution in [1.82, 2.24) is 0 Å². The third kappa shape index (κ3) is 2.45. The first-order valence-corrected chi connectivity index (χ1v) is 4.45. The lowest BCUT2D eigenvalue weighted by Gasteiger charge is -2.12. The Bertz CT molecular complexity index is 254. The molecule has 0 nitrogen and oxygen atoms in total. The van der Waals surface area contributed by atoms with Crippen LogP contribution in [0.4, 0.5) is 0 Å². The number of rotatable bonds is 0. The average Bonchev–Trinajstić information content (AvgIpc) is 1.86. The maximum absolute atomic E-state index is 5.65. The Morgan fingerprint density at radius 3 is 2.00 bits per heavy atom. The highest BCUT2D eigenvalue weighted by Gasteiger charge is 2.24. The highest BCUT2D eigenvalue weighted by atomic mass is 35.6. The Labute approximate surface area is 85.9 Å². The van der Waals surface area contributed by atoms with E-state index in [0.717, 1.165) is 0 Å². The van der Waals surface area contributed by atoms with Crippen molar-refractivity contribution in [1.29, 1.82) is 0 Å². The van der Waals surface area contributed by atoms with Gasteiger partial charge in [-0.2, -0.15) is 0 Å². The molecule has 1 rings (SSSR count). The molecule has 1 aromatic carbocycles. The molecule has 0 heterocycles. The Morgan fingerprint density at radius 2 is 1.64 bits per heavy atom. The van der Waals surface area contributed by atoms with Crippen molar-refractivity contribution >= 4 is 47.4 Å². The van der Waals surface area contributed by atoms with E-state index in [1.54, 1.807) is 18.2 Å². The first kappa shape index (κ1) is 9.53. The third-order valence-corrected chi connectivity index (χ3v) is 2.21. The molecule has 0 aliphatic rings. The lowest BCUT2D eigenvalue weighted by molar-refractivity contribution is 1.16. The molecule has 0 bridgehead atoms. The Balaban J connectivity index is 3.14. The van der Waals surface area contributed by atoms with Crippen LogP contribution in [-0.2, 0) is 3.79 Å². The van der Waals surface area contributed by atoms with Gasteiger partial charge < -0.3 is 0 Å².